The fourth-order valence-corrected chi connectivity index (χ4v) is 10.2. The van der Waals surface area contributed by atoms with Gasteiger partial charge in [-0.15, -0.1) is 5.06 Å². The molecule has 4 N–H and O–H groups in total. The molecule has 23 heteroatoms. The number of benzene rings is 2. The van der Waals surface area contributed by atoms with Crippen molar-refractivity contribution >= 4 is 62.5 Å². The maximum atomic E-state index is 14.6. The number of aromatic amines is 2. The molecule has 1 saturated heterocycles. The molecule has 2 aromatic carbocycles. The Morgan fingerprint density at radius 3 is 1.39 bits per heavy atom. The Bertz CT molecular complexity index is 3020. The summed E-state index contributed by atoms with van der Waals surface area (Å²) in [6, 6.07) is 16.6. The van der Waals surface area contributed by atoms with Gasteiger partial charge in [0.2, 0.25) is 17.7 Å². The summed E-state index contributed by atoms with van der Waals surface area (Å²) in [5.74, 6) is -0.659. The number of aromatic nitrogens is 2. The number of rotatable bonds is 27. The minimum Gasteiger partial charge on any atom is -0.497 e. The second-order valence-corrected chi connectivity index (χ2v) is 21.1. The molecule has 17 nitrogen and oxygen atoms in total. The SMILES string of the molecule is COc1ccc(C2C(CCC(=O)NCCCCCC(=O)N(C)C)=C/C(=C/c3[nH]c(C)cc3C)N2B(F)F)cc1.COc1ccc(C2C(CCC(=O)NCCCCCC(=O)ON3C(=O)CCC3=O)=C/C(=C/c3[nH]c(C)cc3C)N2B(F)F)cc1. The number of hydrogen-bond acceptors (Lipinski definition) is 11. The Balaban J connectivity index is 0.000000269. The quantitative estimate of drug-likeness (QED) is 0.0192. The van der Waals surface area contributed by atoms with Crippen LogP contribution in [-0.2, 0) is 33.6 Å². The number of aryl methyl sites for hydroxylation is 4. The monoisotopic (exact) mass is 1150 g/mol. The van der Waals surface area contributed by atoms with Crippen molar-refractivity contribution in [2.24, 2.45) is 0 Å². The number of ether oxygens (including phenoxy) is 2. The number of nitrogens with one attached hydrogen (secondary N) is 4. The summed E-state index contributed by atoms with van der Waals surface area (Å²) in [5.41, 5.74) is 8.92. The third-order valence-electron chi connectivity index (χ3n) is 14.5. The molecule has 2 aromatic heterocycles. The van der Waals surface area contributed by atoms with E-state index >= 15 is 0 Å². The second kappa shape index (κ2) is 30.9. The highest BCUT2D eigenvalue weighted by Gasteiger charge is 2.42. The summed E-state index contributed by atoms with van der Waals surface area (Å²) in [6.45, 7) is 8.60. The molecule has 0 radical (unpaired) electrons. The number of unbranched alkanes of at least 4 members (excludes halogenated alkanes) is 4. The lowest BCUT2D eigenvalue weighted by atomic mass is 9.93. The van der Waals surface area contributed by atoms with Crippen LogP contribution in [0.25, 0.3) is 12.2 Å². The number of hydroxylamine groups is 2. The molecular formula is C60H76B2F4N8O9. The fraction of sp³-hybridized carbons (Fsp3) is 0.433. The predicted molar refractivity (Wildman–Crippen MR) is 311 cm³/mol. The van der Waals surface area contributed by atoms with Crippen molar-refractivity contribution in [3.05, 3.63) is 140 Å². The number of nitrogens with zero attached hydrogens (tertiary/aromatic N) is 4. The maximum absolute atomic E-state index is 14.6. The van der Waals surface area contributed by atoms with E-state index in [9.17, 15) is 46.0 Å². The Kier molecular flexibility index (Phi) is 23.9. The lowest BCUT2D eigenvalue weighted by Gasteiger charge is -2.28. The van der Waals surface area contributed by atoms with E-state index in [2.05, 4.69) is 20.6 Å². The van der Waals surface area contributed by atoms with Gasteiger partial charge in [0.15, 0.2) is 0 Å². The standard InChI is InChI=1S/C31H37BF2N4O6.C29H39BF2N4O3/c1-20-17-21(2)36-26(20)19-24-18-23(31(37(24)32(33)34)22-8-11-25(43-3)12-9-22)10-13-27(39)35-16-6-4-5-7-30(42)44-38-28(40)14-15-29(38)41;1-20-17-21(2)34-26(20)19-24-18-23(12-15-27(37)33-16-8-6-7-9-28(38)35(3)4)29(36(24)30(31)32)22-10-13-25(39-5)14-11-22/h8-9,11-12,17-19,31,36H,4-7,10,13-16H2,1-3H3,(H,35,39);10-11,13-14,17-19,29,34H,6-9,12,15-16H2,1-5H3,(H,33,37)/b2*24-19-. The zero-order valence-corrected chi connectivity index (χ0v) is 48.7. The molecule has 2 atom stereocenters. The van der Waals surface area contributed by atoms with Crippen molar-refractivity contribution in [1.29, 1.82) is 0 Å². The van der Waals surface area contributed by atoms with Crippen molar-refractivity contribution in [2.75, 3.05) is 41.4 Å². The zero-order valence-electron chi connectivity index (χ0n) is 48.7. The first-order valence-corrected chi connectivity index (χ1v) is 28.1. The summed E-state index contributed by atoms with van der Waals surface area (Å²) in [6.07, 6.45) is 12.7. The maximum Gasteiger partial charge on any atom is 0.674 e. The number of carbonyl (C=O) groups excluding carboxylic acids is 6. The van der Waals surface area contributed by atoms with Crippen LogP contribution in [0.15, 0.2) is 95.4 Å². The van der Waals surface area contributed by atoms with Gasteiger partial charge in [0.05, 0.1) is 26.3 Å². The van der Waals surface area contributed by atoms with Gasteiger partial charge in [-0.2, -0.15) is 0 Å². The van der Waals surface area contributed by atoms with Gasteiger partial charge >= 0.3 is 20.8 Å². The number of methoxy groups -OCH3 is 2. The van der Waals surface area contributed by atoms with Crippen LogP contribution in [0.4, 0.5) is 17.3 Å². The van der Waals surface area contributed by atoms with Gasteiger partial charge in [-0.25, -0.2) is 4.79 Å². The van der Waals surface area contributed by atoms with Crippen LogP contribution in [0.5, 0.6) is 11.5 Å². The summed E-state index contributed by atoms with van der Waals surface area (Å²) in [7, 11) is 1.07. The first-order valence-electron chi connectivity index (χ1n) is 28.1. The van der Waals surface area contributed by atoms with E-state index in [1.54, 1.807) is 98.9 Å². The van der Waals surface area contributed by atoms with Crippen LogP contribution >= 0.6 is 0 Å². The van der Waals surface area contributed by atoms with Crippen LogP contribution in [0, 0.1) is 27.7 Å². The number of carbonyl (C=O) groups is 6. The number of H-pyrrole nitrogens is 2. The summed E-state index contributed by atoms with van der Waals surface area (Å²) >= 11 is 0. The third kappa shape index (κ3) is 18.3. The van der Waals surface area contributed by atoms with Gasteiger partial charge in [0.25, 0.3) is 11.8 Å². The highest BCUT2D eigenvalue weighted by molar-refractivity contribution is 6.41. The largest absolute Gasteiger partial charge is 0.674 e. The molecule has 5 heterocycles. The highest BCUT2D eigenvalue weighted by atomic mass is 19.2. The molecule has 5 amide bonds. The van der Waals surface area contributed by atoms with E-state index in [0.717, 1.165) is 68.4 Å². The minimum atomic E-state index is -2.78. The third-order valence-corrected chi connectivity index (χ3v) is 14.5. The molecule has 0 bridgehead atoms. The number of halogens is 4. The lowest BCUT2D eigenvalue weighted by Crippen LogP contribution is -2.33. The smallest absolute Gasteiger partial charge is 0.497 e. The first kappa shape index (κ1) is 64.2. The van der Waals surface area contributed by atoms with Gasteiger partial charge in [-0.05, 0) is 160 Å². The van der Waals surface area contributed by atoms with Gasteiger partial charge in [-0.1, -0.05) is 37.1 Å². The molecule has 444 valence electrons. The summed E-state index contributed by atoms with van der Waals surface area (Å²) < 4.78 is 68.7. The van der Waals surface area contributed by atoms with Crippen molar-refractivity contribution in [3.8, 4) is 11.5 Å². The average molecular weight is 1150 g/mol. The van der Waals surface area contributed by atoms with Gasteiger partial charge < -0.3 is 49.4 Å². The molecule has 0 aliphatic carbocycles. The molecule has 0 saturated carbocycles. The van der Waals surface area contributed by atoms with Crippen molar-refractivity contribution < 1.29 is 60.3 Å². The minimum absolute atomic E-state index is 0.0421. The van der Waals surface area contributed by atoms with Gasteiger partial charge in [0, 0.05) is 99.9 Å². The topological polar surface area (TPSA) is 199 Å². The van der Waals surface area contributed by atoms with Crippen molar-refractivity contribution in [2.45, 2.75) is 130 Å². The van der Waals surface area contributed by atoms with Crippen LogP contribution < -0.4 is 20.1 Å². The van der Waals surface area contributed by atoms with Crippen molar-refractivity contribution in [1.82, 2.24) is 40.2 Å². The summed E-state index contributed by atoms with van der Waals surface area (Å²) in [4.78, 5) is 87.0. The number of hydrogen-bond donors (Lipinski definition) is 4. The fourth-order valence-electron chi connectivity index (χ4n) is 10.2. The lowest BCUT2D eigenvalue weighted by molar-refractivity contribution is -0.197. The van der Waals surface area contributed by atoms with Gasteiger partial charge in [0.1, 0.15) is 11.5 Å². The number of amides is 5. The van der Waals surface area contributed by atoms with E-state index in [1.807, 2.05) is 39.8 Å². The average Bonchev–Trinajstić information content (AvgIpc) is 4.47. The number of allylic oxidation sites excluding steroid dienone is 2. The predicted octanol–water partition coefficient (Wildman–Crippen LogP) is 10.4. The van der Waals surface area contributed by atoms with Crippen molar-refractivity contribution in [3.63, 3.8) is 0 Å². The van der Waals surface area contributed by atoms with E-state index in [-0.39, 0.29) is 56.2 Å². The molecule has 83 heavy (non-hydrogen) atoms. The van der Waals surface area contributed by atoms with E-state index in [0.29, 0.717) is 89.8 Å². The molecule has 2 unspecified atom stereocenters. The Labute approximate surface area is 484 Å². The molecule has 3 aliphatic heterocycles. The second-order valence-electron chi connectivity index (χ2n) is 21.1. The van der Waals surface area contributed by atoms with E-state index < -0.39 is 44.7 Å². The molecule has 1 fully saturated rings. The van der Waals surface area contributed by atoms with Crippen LogP contribution in [-0.4, -0.2) is 121 Å². The normalized spacial score (nSPS) is 16.7. The molecular weight excluding hydrogens is 1070 g/mol. The first-order chi connectivity index (χ1) is 39.7. The zero-order chi connectivity index (χ0) is 60.3. The van der Waals surface area contributed by atoms with Gasteiger partial charge in [-0.3, -0.25) is 41.2 Å². The Morgan fingerprint density at radius 1 is 0.614 bits per heavy atom. The van der Waals surface area contributed by atoms with Crippen LogP contribution in [0.2, 0.25) is 0 Å². The number of imide groups is 1. The van der Waals surface area contributed by atoms with E-state index in [1.165, 1.54) is 7.11 Å². The van der Waals surface area contributed by atoms with E-state index in [4.69, 9.17) is 14.3 Å². The van der Waals surface area contributed by atoms with Crippen LogP contribution in [0.3, 0.4) is 0 Å². The molecule has 0 spiro atoms. The summed E-state index contributed by atoms with van der Waals surface area (Å²) in [5, 5.41) is 6.31. The molecule has 3 aliphatic rings. The van der Waals surface area contributed by atoms with Crippen LogP contribution in [0.1, 0.15) is 147 Å². The molecule has 7 rings (SSSR count). The highest BCUT2D eigenvalue weighted by Crippen LogP contribution is 2.45. The Hall–Kier alpha value is -7.97. The Morgan fingerprint density at radius 2 is 1.02 bits per heavy atom. The molecule has 4 aromatic rings.